The number of nitrogens with one attached hydrogen (secondary N) is 1. The smallest absolute Gasteiger partial charge is 0.255 e. The van der Waals surface area contributed by atoms with Gasteiger partial charge in [0.25, 0.3) is 5.91 Å². The van der Waals surface area contributed by atoms with E-state index in [0.717, 1.165) is 24.1 Å². The number of carbonyl (C=O) groups is 1. The summed E-state index contributed by atoms with van der Waals surface area (Å²) in [5.41, 5.74) is 10.9. The van der Waals surface area contributed by atoms with Crippen LogP contribution in [0.4, 0.5) is 5.69 Å². The summed E-state index contributed by atoms with van der Waals surface area (Å²) < 4.78 is 0. The Morgan fingerprint density at radius 3 is 2.47 bits per heavy atom. The Bertz CT molecular complexity index is 1150. The Labute approximate surface area is 176 Å². The SMILES string of the molecule is NN=Cc1ccc(NC(=O)c2ccc3c(c2)CCc2c-3ccc3c2CCCC3)cc1. The maximum atomic E-state index is 12.8. The van der Waals surface area contributed by atoms with Gasteiger partial charge in [-0.1, -0.05) is 30.3 Å². The third-order valence-electron chi connectivity index (χ3n) is 6.35. The van der Waals surface area contributed by atoms with E-state index in [1.807, 2.05) is 30.3 Å². The van der Waals surface area contributed by atoms with Crippen LogP contribution in [-0.4, -0.2) is 12.1 Å². The lowest BCUT2D eigenvalue weighted by atomic mass is 9.78. The number of nitrogens with two attached hydrogens (primary N) is 1. The molecule has 0 aromatic heterocycles. The van der Waals surface area contributed by atoms with Crippen molar-refractivity contribution in [3.8, 4) is 11.1 Å². The Morgan fingerprint density at radius 1 is 0.833 bits per heavy atom. The van der Waals surface area contributed by atoms with Crippen molar-refractivity contribution >= 4 is 17.8 Å². The molecule has 0 atom stereocenters. The molecule has 4 nitrogen and oxygen atoms in total. The number of fused-ring (bicyclic) bond motifs is 5. The van der Waals surface area contributed by atoms with E-state index < -0.39 is 0 Å². The van der Waals surface area contributed by atoms with Gasteiger partial charge in [-0.25, -0.2) is 0 Å². The molecule has 0 bridgehead atoms. The van der Waals surface area contributed by atoms with Crippen LogP contribution in [0.3, 0.4) is 0 Å². The van der Waals surface area contributed by atoms with Crippen molar-refractivity contribution in [3.05, 3.63) is 88.0 Å². The summed E-state index contributed by atoms with van der Waals surface area (Å²) in [7, 11) is 0. The van der Waals surface area contributed by atoms with Crippen molar-refractivity contribution in [2.75, 3.05) is 5.32 Å². The number of nitrogens with zero attached hydrogens (tertiary/aromatic N) is 1. The first kappa shape index (κ1) is 18.6. The first-order chi connectivity index (χ1) is 14.7. The van der Waals surface area contributed by atoms with Crippen molar-refractivity contribution in [3.63, 3.8) is 0 Å². The van der Waals surface area contributed by atoms with Gasteiger partial charge in [-0.3, -0.25) is 4.79 Å². The van der Waals surface area contributed by atoms with Crippen LogP contribution in [0.5, 0.6) is 0 Å². The molecule has 30 heavy (non-hydrogen) atoms. The highest BCUT2D eigenvalue weighted by Crippen LogP contribution is 2.39. The molecule has 0 fully saturated rings. The molecule has 3 aromatic carbocycles. The Kier molecular flexibility index (Phi) is 4.83. The highest BCUT2D eigenvalue weighted by molar-refractivity contribution is 6.05. The molecule has 5 rings (SSSR count). The minimum Gasteiger partial charge on any atom is -0.323 e. The topological polar surface area (TPSA) is 67.5 Å². The van der Waals surface area contributed by atoms with Crippen molar-refractivity contribution in [1.82, 2.24) is 0 Å². The number of rotatable bonds is 3. The third-order valence-corrected chi connectivity index (χ3v) is 6.35. The molecule has 1 amide bonds. The predicted octanol–water partition coefficient (Wildman–Crippen LogP) is 4.88. The van der Waals surface area contributed by atoms with Crippen LogP contribution in [0, 0.1) is 0 Å². The Balaban J connectivity index is 1.40. The van der Waals surface area contributed by atoms with Crippen LogP contribution in [0.25, 0.3) is 11.1 Å². The summed E-state index contributed by atoms with van der Waals surface area (Å²) in [6, 6.07) is 18.2. The van der Waals surface area contributed by atoms with Gasteiger partial charge in [0.1, 0.15) is 0 Å². The number of carbonyl (C=O) groups excluding carboxylic acids is 1. The standard InChI is InChI=1S/C26H25N3O/c27-28-16-17-5-10-21(11-6-17)29-26(30)20-9-12-23-19(15-20)8-14-24-22-4-2-1-3-18(22)7-13-25(23)24/h5-7,9-13,15-16H,1-4,8,14,27H2,(H,29,30). The van der Waals surface area contributed by atoms with E-state index in [4.69, 9.17) is 5.84 Å². The molecule has 0 spiro atoms. The maximum absolute atomic E-state index is 12.8. The zero-order valence-electron chi connectivity index (χ0n) is 16.9. The zero-order valence-corrected chi connectivity index (χ0v) is 16.9. The van der Waals surface area contributed by atoms with Gasteiger partial charge in [-0.2, -0.15) is 5.10 Å². The predicted molar refractivity (Wildman–Crippen MR) is 122 cm³/mol. The maximum Gasteiger partial charge on any atom is 0.255 e. The summed E-state index contributed by atoms with van der Waals surface area (Å²) in [6.45, 7) is 0. The average Bonchev–Trinajstić information content (AvgIpc) is 2.79. The number of benzene rings is 3. The van der Waals surface area contributed by atoms with E-state index in [2.05, 4.69) is 34.7 Å². The van der Waals surface area contributed by atoms with Crippen molar-refractivity contribution in [1.29, 1.82) is 0 Å². The number of amides is 1. The van der Waals surface area contributed by atoms with Gasteiger partial charge in [0.05, 0.1) is 6.21 Å². The van der Waals surface area contributed by atoms with E-state index in [1.54, 1.807) is 17.3 Å². The lowest BCUT2D eigenvalue weighted by Gasteiger charge is -2.27. The average molecular weight is 396 g/mol. The van der Waals surface area contributed by atoms with E-state index in [0.29, 0.717) is 5.56 Å². The first-order valence-electron chi connectivity index (χ1n) is 10.6. The highest BCUT2D eigenvalue weighted by Gasteiger charge is 2.23. The van der Waals surface area contributed by atoms with Crippen molar-refractivity contribution in [2.24, 2.45) is 10.9 Å². The summed E-state index contributed by atoms with van der Waals surface area (Å²) in [5.74, 6) is 5.09. The monoisotopic (exact) mass is 395 g/mol. The van der Waals surface area contributed by atoms with E-state index in [-0.39, 0.29) is 5.91 Å². The second kappa shape index (κ2) is 7.79. The van der Waals surface area contributed by atoms with Gasteiger partial charge < -0.3 is 11.2 Å². The van der Waals surface area contributed by atoms with E-state index >= 15 is 0 Å². The van der Waals surface area contributed by atoms with Crippen LogP contribution in [0.2, 0.25) is 0 Å². The summed E-state index contributed by atoms with van der Waals surface area (Å²) in [4.78, 5) is 12.8. The quantitative estimate of drug-likeness (QED) is 0.377. The minimum atomic E-state index is -0.0886. The van der Waals surface area contributed by atoms with Gasteiger partial charge in [-0.15, -0.1) is 0 Å². The van der Waals surface area contributed by atoms with Crippen LogP contribution in [0.15, 0.2) is 59.7 Å². The number of hydrogen-bond donors (Lipinski definition) is 2. The molecule has 3 N–H and O–H groups in total. The summed E-state index contributed by atoms with van der Waals surface area (Å²) >= 11 is 0. The molecule has 0 saturated heterocycles. The molecule has 150 valence electrons. The molecular weight excluding hydrogens is 370 g/mol. The van der Waals surface area contributed by atoms with E-state index in [1.165, 1.54) is 47.9 Å². The van der Waals surface area contributed by atoms with Crippen LogP contribution < -0.4 is 11.2 Å². The normalized spacial score (nSPS) is 14.7. The van der Waals surface area contributed by atoms with Gasteiger partial charge >= 0.3 is 0 Å². The van der Waals surface area contributed by atoms with Crippen molar-refractivity contribution < 1.29 is 4.79 Å². The second-order valence-electron chi connectivity index (χ2n) is 8.16. The molecule has 2 aliphatic carbocycles. The van der Waals surface area contributed by atoms with Crippen molar-refractivity contribution in [2.45, 2.75) is 38.5 Å². The van der Waals surface area contributed by atoms with Crippen LogP contribution >= 0.6 is 0 Å². The van der Waals surface area contributed by atoms with Gasteiger partial charge in [0.15, 0.2) is 0 Å². The summed E-state index contributed by atoms with van der Waals surface area (Å²) in [6.07, 6.45) is 8.68. The fraction of sp³-hybridized carbons (Fsp3) is 0.231. The molecule has 0 saturated carbocycles. The third kappa shape index (κ3) is 3.39. The molecule has 3 aromatic rings. The first-order valence-corrected chi connectivity index (χ1v) is 10.6. The largest absolute Gasteiger partial charge is 0.323 e. The Morgan fingerprint density at radius 2 is 1.63 bits per heavy atom. The lowest BCUT2D eigenvalue weighted by Crippen LogP contribution is -2.15. The molecule has 0 aliphatic heterocycles. The molecule has 0 unspecified atom stereocenters. The van der Waals surface area contributed by atoms with E-state index in [9.17, 15) is 4.79 Å². The summed E-state index contributed by atoms with van der Waals surface area (Å²) in [5, 5.41) is 6.49. The Hall–Kier alpha value is -3.40. The minimum absolute atomic E-state index is 0.0886. The molecule has 0 heterocycles. The second-order valence-corrected chi connectivity index (χ2v) is 8.16. The molecule has 2 aliphatic rings. The fourth-order valence-electron chi connectivity index (χ4n) is 4.85. The number of hydrazone groups is 1. The van der Waals surface area contributed by atoms with Gasteiger partial charge in [-0.05, 0) is 102 Å². The lowest BCUT2D eigenvalue weighted by molar-refractivity contribution is 0.102. The fourth-order valence-corrected chi connectivity index (χ4v) is 4.85. The van der Waals surface area contributed by atoms with Gasteiger partial charge in [0, 0.05) is 11.3 Å². The number of anilines is 1. The molecular formula is C26H25N3O. The highest BCUT2D eigenvalue weighted by atomic mass is 16.1. The van der Waals surface area contributed by atoms with Gasteiger partial charge in [0.2, 0.25) is 0 Å². The van der Waals surface area contributed by atoms with Crippen LogP contribution in [-0.2, 0) is 25.7 Å². The number of aryl methyl sites for hydroxylation is 2. The van der Waals surface area contributed by atoms with Crippen LogP contribution in [0.1, 0.15) is 51.0 Å². The zero-order chi connectivity index (χ0) is 20.5. The number of hydrogen-bond acceptors (Lipinski definition) is 3. The molecule has 4 heteroatoms. The molecule has 0 radical (unpaired) electrons.